The Labute approximate surface area is 132 Å². The number of hydrogen-bond acceptors (Lipinski definition) is 3. The molecule has 0 aliphatic rings. The standard InChI is InChI=1S/C17H16FN3O2/c1-11(16(22)12-5-7-13(18)8-6-12)20-17(23)14-10-19-15-4-2-3-9-21(14)15/h2-11,16,22H,1H3,(H,20,23). The van der Waals surface area contributed by atoms with Crippen LogP contribution in [0.3, 0.4) is 0 Å². The lowest BCUT2D eigenvalue weighted by Crippen LogP contribution is -2.37. The third-order valence-corrected chi connectivity index (χ3v) is 3.69. The van der Waals surface area contributed by atoms with Crippen molar-refractivity contribution in [1.29, 1.82) is 0 Å². The van der Waals surface area contributed by atoms with E-state index < -0.39 is 12.1 Å². The average Bonchev–Trinajstić information content (AvgIpc) is 2.99. The molecule has 5 nitrogen and oxygen atoms in total. The van der Waals surface area contributed by atoms with Crippen LogP contribution in [0.4, 0.5) is 4.39 Å². The Bertz CT molecular complexity index is 829. The minimum absolute atomic E-state index is 0.336. The SMILES string of the molecule is CC(NC(=O)c1cnc2ccccn12)C(O)c1ccc(F)cc1. The van der Waals surface area contributed by atoms with Gasteiger partial charge in [0.15, 0.2) is 0 Å². The monoisotopic (exact) mass is 313 g/mol. The van der Waals surface area contributed by atoms with Gasteiger partial charge in [-0.3, -0.25) is 9.20 Å². The minimum Gasteiger partial charge on any atom is -0.386 e. The molecule has 2 unspecified atom stereocenters. The summed E-state index contributed by atoms with van der Waals surface area (Å²) >= 11 is 0. The molecule has 0 bridgehead atoms. The van der Waals surface area contributed by atoms with Crippen molar-refractivity contribution in [2.45, 2.75) is 19.1 Å². The minimum atomic E-state index is -0.932. The average molecular weight is 313 g/mol. The summed E-state index contributed by atoms with van der Waals surface area (Å²) in [5, 5.41) is 13.0. The fourth-order valence-corrected chi connectivity index (χ4v) is 2.41. The molecule has 0 fully saturated rings. The third kappa shape index (κ3) is 3.07. The van der Waals surface area contributed by atoms with Crippen molar-refractivity contribution in [2.24, 2.45) is 0 Å². The number of fused-ring (bicyclic) bond motifs is 1. The molecule has 0 radical (unpaired) electrons. The van der Waals surface area contributed by atoms with Crippen LogP contribution in [-0.2, 0) is 0 Å². The summed E-state index contributed by atoms with van der Waals surface area (Å²) in [6, 6.07) is 10.5. The number of aliphatic hydroxyl groups excluding tert-OH is 1. The topological polar surface area (TPSA) is 66.6 Å². The molecule has 23 heavy (non-hydrogen) atoms. The molecule has 118 valence electrons. The molecule has 3 aromatic rings. The number of imidazole rings is 1. The second kappa shape index (κ2) is 6.18. The Morgan fingerprint density at radius 3 is 2.74 bits per heavy atom. The number of carbonyl (C=O) groups is 1. The van der Waals surface area contributed by atoms with Gasteiger partial charge in [0, 0.05) is 6.20 Å². The quantitative estimate of drug-likeness (QED) is 0.777. The highest BCUT2D eigenvalue weighted by atomic mass is 19.1. The van der Waals surface area contributed by atoms with E-state index in [9.17, 15) is 14.3 Å². The van der Waals surface area contributed by atoms with Gasteiger partial charge in [-0.25, -0.2) is 9.37 Å². The molecule has 0 spiro atoms. The van der Waals surface area contributed by atoms with Gasteiger partial charge in [-0.05, 0) is 36.8 Å². The number of amides is 1. The van der Waals surface area contributed by atoms with Crippen molar-refractivity contribution >= 4 is 11.6 Å². The third-order valence-electron chi connectivity index (χ3n) is 3.69. The highest BCUT2D eigenvalue weighted by Crippen LogP contribution is 2.17. The largest absolute Gasteiger partial charge is 0.386 e. The Morgan fingerprint density at radius 2 is 2.00 bits per heavy atom. The first kappa shape index (κ1) is 15.2. The maximum absolute atomic E-state index is 12.9. The van der Waals surface area contributed by atoms with E-state index in [0.29, 0.717) is 16.9 Å². The van der Waals surface area contributed by atoms with Crippen LogP contribution < -0.4 is 5.32 Å². The maximum Gasteiger partial charge on any atom is 0.270 e. The second-order valence-electron chi connectivity index (χ2n) is 5.33. The van der Waals surface area contributed by atoms with E-state index in [1.165, 1.54) is 30.5 Å². The molecular weight excluding hydrogens is 297 g/mol. The fraction of sp³-hybridized carbons (Fsp3) is 0.176. The summed E-state index contributed by atoms with van der Waals surface area (Å²) in [5.41, 5.74) is 1.60. The lowest BCUT2D eigenvalue weighted by Gasteiger charge is -2.20. The van der Waals surface area contributed by atoms with Crippen LogP contribution in [0.25, 0.3) is 5.65 Å². The number of pyridine rings is 1. The van der Waals surface area contributed by atoms with Crippen molar-refractivity contribution in [3.63, 3.8) is 0 Å². The Balaban J connectivity index is 1.75. The molecule has 2 aromatic heterocycles. The summed E-state index contributed by atoms with van der Waals surface area (Å²) in [6.45, 7) is 1.69. The van der Waals surface area contributed by atoms with Crippen molar-refractivity contribution in [1.82, 2.24) is 14.7 Å². The van der Waals surface area contributed by atoms with Gasteiger partial charge in [-0.15, -0.1) is 0 Å². The van der Waals surface area contributed by atoms with Gasteiger partial charge in [-0.2, -0.15) is 0 Å². The fourth-order valence-electron chi connectivity index (χ4n) is 2.41. The van der Waals surface area contributed by atoms with Crippen LogP contribution in [-0.4, -0.2) is 26.4 Å². The number of hydrogen-bond donors (Lipinski definition) is 2. The lowest BCUT2D eigenvalue weighted by atomic mass is 10.0. The lowest BCUT2D eigenvalue weighted by molar-refractivity contribution is 0.0846. The van der Waals surface area contributed by atoms with Gasteiger partial charge in [0.05, 0.1) is 18.3 Å². The van der Waals surface area contributed by atoms with E-state index in [1.807, 2.05) is 12.1 Å². The molecule has 3 rings (SSSR count). The first-order valence-electron chi connectivity index (χ1n) is 7.23. The first-order valence-corrected chi connectivity index (χ1v) is 7.23. The molecular formula is C17H16FN3O2. The molecule has 0 saturated heterocycles. The number of aliphatic hydroxyl groups is 1. The number of nitrogens with one attached hydrogen (secondary N) is 1. The molecule has 0 saturated carbocycles. The van der Waals surface area contributed by atoms with Crippen molar-refractivity contribution in [3.05, 3.63) is 71.9 Å². The van der Waals surface area contributed by atoms with Gasteiger partial charge in [0.25, 0.3) is 5.91 Å². The van der Waals surface area contributed by atoms with Gasteiger partial charge in [0.2, 0.25) is 0 Å². The van der Waals surface area contributed by atoms with Gasteiger partial charge in [0.1, 0.15) is 17.2 Å². The van der Waals surface area contributed by atoms with Crippen LogP contribution >= 0.6 is 0 Å². The van der Waals surface area contributed by atoms with Gasteiger partial charge in [-0.1, -0.05) is 18.2 Å². The summed E-state index contributed by atoms with van der Waals surface area (Å²) in [5.74, 6) is -0.708. The maximum atomic E-state index is 12.9. The zero-order valence-corrected chi connectivity index (χ0v) is 12.5. The van der Waals surface area contributed by atoms with E-state index in [0.717, 1.165) is 0 Å². The zero-order valence-electron chi connectivity index (χ0n) is 12.5. The summed E-state index contributed by atoms with van der Waals surface area (Å²) < 4.78 is 14.6. The normalized spacial score (nSPS) is 13.7. The highest BCUT2D eigenvalue weighted by Gasteiger charge is 2.20. The van der Waals surface area contributed by atoms with Gasteiger partial charge < -0.3 is 10.4 Å². The van der Waals surface area contributed by atoms with E-state index in [4.69, 9.17) is 0 Å². The first-order chi connectivity index (χ1) is 11.1. The predicted molar refractivity (Wildman–Crippen MR) is 83.5 cm³/mol. The molecule has 1 aromatic carbocycles. The predicted octanol–water partition coefficient (Wildman–Crippen LogP) is 2.33. The summed E-state index contributed by atoms with van der Waals surface area (Å²) in [7, 11) is 0. The smallest absolute Gasteiger partial charge is 0.270 e. The molecule has 2 heterocycles. The zero-order chi connectivity index (χ0) is 16.4. The van der Waals surface area contributed by atoms with Crippen LogP contribution in [0.5, 0.6) is 0 Å². The number of aromatic nitrogens is 2. The number of benzene rings is 1. The molecule has 2 N–H and O–H groups in total. The second-order valence-corrected chi connectivity index (χ2v) is 5.33. The summed E-state index contributed by atoms with van der Waals surface area (Å²) in [6.07, 6.45) is 2.30. The Morgan fingerprint density at radius 1 is 1.26 bits per heavy atom. The van der Waals surface area contributed by atoms with Crippen molar-refractivity contribution < 1.29 is 14.3 Å². The Hall–Kier alpha value is -2.73. The van der Waals surface area contributed by atoms with E-state index in [1.54, 1.807) is 23.6 Å². The van der Waals surface area contributed by atoms with Crippen LogP contribution in [0.15, 0.2) is 54.9 Å². The molecule has 0 aliphatic carbocycles. The highest BCUT2D eigenvalue weighted by molar-refractivity contribution is 5.93. The van der Waals surface area contributed by atoms with E-state index >= 15 is 0 Å². The van der Waals surface area contributed by atoms with Crippen molar-refractivity contribution in [3.8, 4) is 0 Å². The van der Waals surface area contributed by atoms with E-state index in [2.05, 4.69) is 10.3 Å². The van der Waals surface area contributed by atoms with Gasteiger partial charge >= 0.3 is 0 Å². The number of carbonyl (C=O) groups excluding carboxylic acids is 1. The van der Waals surface area contributed by atoms with E-state index in [-0.39, 0.29) is 11.7 Å². The van der Waals surface area contributed by atoms with Crippen LogP contribution in [0.1, 0.15) is 29.1 Å². The number of halogens is 1. The molecule has 2 atom stereocenters. The molecule has 0 aliphatic heterocycles. The Kier molecular flexibility index (Phi) is 4.08. The van der Waals surface area contributed by atoms with Crippen molar-refractivity contribution in [2.75, 3.05) is 0 Å². The summed E-state index contributed by atoms with van der Waals surface area (Å²) in [4.78, 5) is 16.5. The molecule has 6 heteroatoms. The number of nitrogens with zero attached hydrogens (tertiary/aromatic N) is 2. The van der Waals surface area contributed by atoms with Crippen LogP contribution in [0.2, 0.25) is 0 Å². The van der Waals surface area contributed by atoms with Crippen LogP contribution in [0, 0.1) is 5.82 Å². The molecule has 1 amide bonds. The number of rotatable bonds is 4.